The molecule has 0 heterocycles. The summed E-state index contributed by atoms with van der Waals surface area (Å²) in [6.45, 7) is -0.0630. The van der Waals surface area contributed by atoms with E-state index in [0.29, 0.717) is 18.6 Å². The minimum Gasteiger partial charge on any atom is -0.497 e. The average molecular weight is 393 g/mol. The van der Waals surface area contributed by atoms with Crippen molar-refractivity contribution in [2.24, 2.45) is 0 Å². The number of rotatable bonds is 9. The molecule has 0 aliphatic rings. The fourth-order valence-electron chi connectivity index (χ4n) is 3.06. The number of hydrogen-bond donors (Lipinski definition) is 1. The highest BCUT2D eigenvalue weighted by Gasteiger charge is 2.15. The largest absolute Gasteiger partial charge is 0.497 e. The Labute approximate surface area is 170 Å². The summed E-state index contributed by atoms with van der Waals surface area (Å²) < 4.78 is 24.0. The van der Waals surface area contributed by atoms with Crippen molar-refractivity contribution in [3.05, 3.63) is 95.8 Å². The first-order valence-corrected chi connectivity index (χ1v) is 9.47. The van der Waals surface area contributed by atoms with Gasteiger partial charge in [0.05, 0.1) is 7.11 Å². The molecule has 0 aromatic heterocycles. The van der Waals surface area contributed by atoms with Crippen LogP contribution in [0, 0.1) is 5.82 Å². The van der Waals surface area contributed by atoms with Crippen LogP contribution < -0.4 is 14.8 Å². The summed E-state index contributed by atoms with van der Waals surface area (Å²) in [5.74, 6) is 0.951. The number of benzene rings is 3. The van der Waals surface area contributed by atoms with Gasteiger partial charge in [-0.05, 0) is 60.4 Å². The molecule has 4 nitrogen and oxygen atoms in total. The molecule has 5 heteroatoms. The number of para-hydroxylation sites is 1. The molecular formula is C24H24FNO3. The molecule has 3 aromatic carbocycles. The van der Waals surface area contributed by atoms with Crippen molar-refractivity contribution in [3.8, 4) is 11.5 Å². The zero-order valence-electron chi connectivity index (χ0n) is 16.3. The van der Waals surface area contributed by atoms with E-state index in [9.17, 15) is 9.18 Å². The second-order valence-electron chi connectivity index (χ2n) is 6.75. The van der Waals surface area contributed by atoms with Crippen molar-refractivity contribution in [1.29, 1.82) is 0 Å². The molecule has 150 valence electrons. The molecule has 0 saturated heterocycles. The molecule has 0 fully saturated rings. The summed E-state index contributed by atoms with van der Waals surface area (Å²) in [6.07, 6.45) is 1.22. The van der Waals surface area contributed by atoms with Gasteiger partial charge in [-0.25, -0.2) is 4.39 Å². The highest BCUT2D eigenvalue weighted by Crippen LogP contribution is 2.15. The first kappa shape index (κ1) is 20.4. The van der Waals surface area contributed by atoms with Crippen LogP contribution in [-0.4, -0.2) is 25.7 Å². The van der Waals surface area contributed by atoms with Crippen molar-refractivity contribution in [3.63, 3.8) is 0 Å². The average Bonchev–Trinajstić information content (AvgIpc) is 2.75. The SMILES string of the molecule is COc1ccc(C[C@@H](Cc2ccc(F)cc2)NC(=O)COc2ccccc2)cc1. The highest BCUT2D eigenvalue weighted by molar-refractivity contribution is 5.77. The van der Waals surface area contributed by atoms with Gasteiger partial charge in [0.15, 0.2) is 6.61 Å². The standard InChI is InChI=1S/C24H24FNO3/c1-28-22-13-9-19(10-14-22)16-21(15-18-7-11-20(25)12-8-18)26-24(27)17-29-23-5-3-2-4-6-23/h2-14,21H,15-17H2,1H3,(H,26,27)/t21-/m1/s1. The smallest absolute Gasteiger partial charge is 0.258 e. The van der Waals surface area contributed by atoms with Crippen LogP contribution in [0.3, 0.4) is 0 Å². The zero-order valence-corrected chi connectivity index (χ0v) is 16.3. The summed E-state index contributed by atoms with van der Waals surface area (Å²) in [5, 5.41) is 3.04. The monoisotopic (exact) mass is 393 g/mol. The molecule has 3 aromatic rings. The zero-order chi connectivity index (χ0) is 20.5. The van der Waals surface area contributed by atoms with E-state index in [1.165, 1.54) is 12.1 Å². The van der Waals surface area contributed by atoms with Crippen molar-refractivity contribution < 1.29 is 18.7 Å². The number of hydrogen-bond acceptors (Lipinski definition) is 3. The first-order chi connectivity index (χ1) is 14.1. The van der Waals surface area contributed by atoms with Gasteiger partial charge in [0.2, 0.25) is 0 Å². The molecule has 0 saturated carbocycles. The molecule has 0 aliphatic carbocycles. The van der Waals surface area contributed by atoms with Crippen molar-refractivity contribution >= 4 is 5.91 Å². The molecule has 0 radical (unpaired) electrons. The summed E-state index contributed by atoms with van der Waals surface area (Å²) in [6, 6.07) is 23.1. The van der Waals surface area contributed by atoms with E-state index >= 15 is 0 Å². The Kier molecular flexibility index (Phi) is 7.22. The second-order valence-corrected chi connectivity index (χ2v) is 6.75. The van der Waals surface area contributed by atoms with Crippen LogP contribution in [0.4, 0.5) is 4.39 Å². The van der Waals surface area contributed by atoms with E-state index < -0.39 is 0 Å². The Morgan fingerprint density at radius 1 is 0.862 bits per heavy atom. The number of amides is 1. The molecule has 0 aliphatic heterocycles. The van der Waals surface area contributed by atoms with Gasteiger partial charge in [0.1, 0.15) is 17.3 Å². The van der Waals surface area contributed by atoms with Crippen LogP contribution in [0.2, 0.25) is 0 Å². The van der Waals surface area contributed by atoms with Gasteiger partial charge >= 0.3 is 0 Å². The third kappa shape index (κ3) is 6.64. The topological polar surface area (TPSA) is 47.6 Å². The molecule has 0 spiro atoms. The minimum atomic E-state index is -0.277. The molecule has 1 N–H and O–H groups in total. The minimum absolute atomic E-state index is 0.0630. The van der Waals surface area contributed by atoms with E-state index in [4.69, 9.17) is 9.47 Å². The Morgan fingerprint density at radius 3 is 2.03 bits per heavy atom. The normalized spacial score (nSPS) is 11.5. The van der Waals surface area contributed by atoms with E-state index in [2.05, 4.69) is 5.32 Å². The first-order valence-electron chi connectivity index (χ1n) is 9.47. The van der Waals surface area contributed by atoms with Gasteiger partial charge in [-0.1, -0.05) is 42.5 Å². The highest BCUT2D eigenvalue weighted by atomic mass is 19.1. The predicted octanol–water partition coefficient (Wildman–Crippen LogP) is 4.18. The molecular weight excluding hydrogens is 369 g/mol. The second kappa shape index (κ2) is 10.3. The summed E-state index contributed by atoms with van der Waals surface area (Å²) >= 11 is 0. The molecule has 0 bridgehead atoms. The summed E-state index contributed by atoms with van der Waals surface area (Å²) in [7, 11) is 1.62. The molecule has 3 rings (SSSR count). The fraction of sp³-hybridized carbons (Fsp3) is 0.208. The van der Waals surface area contributed by atoms with E-state index in [0.717, 1.165) is 16.9 Å². The van der Waals surface area contributed by atoms with E-state index in [1.807, 2.05) is 42.5 Å². The molecule has 29 heavy (non-hydrogen) atoms. The lowest BCUT2D eigenvalue weighted by atomic mass is 9.98. The maximum atomic E-state index is 13.2. The summed E-state index contributed by atoms with van der Waals surface area (Å²) in [4.78, 5) is 12.4. The number of ether oxygens (including phenoxy) is 2. The number of carbonyl (C=O) groups excluding carboxylic acids is 1. The van der Waals surface area contributed by atoms with Crippen LogP contribution in [0.15, 0.2) is 78.9 Å². The van der Waals surface area contributed by atoms with Gasteiger partial charge in [-0.3, -0.25) is 4.79 Å². The van der Waals surface area contributed by atoms with Gasteiger partial charge in [-0.15, -0.1) is 0 Å². The van der Waals surface area contributed by atoms with Crippen molar-refractivity contribution in [1.82, 2.24) is 5.32 Å². The lowest BCUT2D eigenvalue weighted by molar-refractivity contribution is -0.123. The number of halogens is 1. The van der Waals surface area contributed by atoms with Gasteiger partial charge in [0, 0.05) is 6.04 Å². The number of nitrogens with one attached hydrogen (secondary N) is 1. The molecule has 0 unspecified atom stereocenters. The lowest BCUT2D eigenvalue weighted by Crippen LogP contribution is -2.40. The van der Waals surface area contributed by atoms with Gasteiger partial charge in [0.25, 0.3) is 5.91 Å². The third-order valence-electron chi connectivity index (χ3n) is 4.51. The van der Waals surface area contributed by atoms with Gasteiger partial charge in [-0.2, -0.15) is 0 Å². The number of methoxy groups -OCH3 is 1. The van der Waals surface area contributed by atoms with Crippen LogP contribution >= 0.6 is 0 Å². The number of carbonyl (C=O) groups is 1. The molecule has 1 atom stereocenters. The van der Waals surface area contributed by atoms with Crippen LogP contribution in [0.1, 0.15) is 11.1 Å². The Morgan fingerprint density at radius 2 is 1.45 bits per heavy atom. The van der Waals surface area contributed by atoms with Crippen LogP contribution in [0.5, 0.6) is 11.5 Å². The van der Waals surface area contributed by atoms with Crippen LogP contribution in [-0.2, 0) is 17.6 Å². The molecule has 1 amide bonds. The maximum Gasteiger partial charge on any atom is 0.258 e. The van der Waals surface area contributed by atoms with Crippen molar-refractivity contribution in [2.75, 3.05) is 13.7 Å². The van der Waals surface area contributed by atoms with Gasteiger partial charge < -0.3 is 14.8 Å². The quantitative estimate of drug-likeness (QED) is 0.593. The fourth-order valence-corrected chi connectivity index (χ4v) is 3.06. The van der Waals surface area contributed by atoms with E-state index in [1.54, 1.807) is 31.4 Å². The Hall–Kier alpha value is -3.34. The Bertz CT molecular complexity index is 896. The third-order valence-corrected chi connectivity index (χ3v) is 4.51. The summed E-state index contributed by atoms with van der Waals surface area (Å²) in [5.41, 5.74) is 2.02. The maximum absolute atomic E-state index is 13.2. The van der Waals surface area contributed by atoms with Crippen LogP contribution in [0.25, 0.3) is 0 Å². The Balaban J connectivity index is 1.65. The van der Waals surface area contributed by atoms with E-state index in [-0.39, 0.29) is 24.4 Å². The lowest BCUT2D eigenvalue weighted by Gasteiger charge is -2.20. The van der Waals surface area contributed by atoms with Crippen molar-refractivity contribution in [2.45, 2.75) is 18.9 Å². The predicted molar refractivity (Wildman–Crippen MR) is 111 cm³/mol.